The van der Waals surface area contributed by atoms with Crippen molar-refractivity contribution >= 4 is 23.4 Å². The second-order valence-corrected chi connectivity index (χ2v) is 9.97. The third-order valence-corrected chi connectivity index (χ3v) is 6.19. The van der Waals surface area contributed by atoms with Crippen molar-refractivity contribution in [1.29, 1.82) is 0 Å². The summed E-state index contributed by atoms with van der Waals surface area (Å²) in [4.78, 5) is 30.3. The van der Waals surface area contributed by atoms with Gasteiger partial charge in [0.1, 0.15) is 5.60 Å². The van der Waals surface area contributed by atoms with Gasteiger partial charge in [0.2, 0.25) is 0 Å². The summed E-state index contributed by atoms with van der Waals surface area (Å²) in [5, 5.41) is 3.83. The van der Waals surface area contributed by atoms with Crippen LogP contribution < -0.4 is 9.91 Å². The lowest BCUT2D eigenvalue weighted by atomic mass is 10.1. The fourth-order valence-corrected chi connectivity index (χ4v) is 4.39. The lowest BCUT2D eigenvalue weighted by Gasteiger charge is -2.38. The Balaban J connectivity index is 1.52. The predicted molar refractivity (Wildman–Crippen MR) is 137 cm³/mol. The maximum Gasteiger partial charge on any atom is 0.410 e. The molecule has 2 aromatic rings. The molecule has 2 aliphatic heterocycles. The number of para-hydroxylation sites is 1. The van der Waals surface area contributed by atoms with E-state index in [9.17, 15) is 9.59 Å². The number of carbonyl (C=O) groups excluding carboxylic acids is 2. The molecule has 0 spiro atoms. The minimum absolute atomic E-state index is 0.0632. The van der Waals surface area contributed by atoms with Gasteiger partial charge in [-0.1, -0.05) is 24.3 Å². The van der Waals surface area contributed by atoms with Crippen LogP contribution in [0.25, 0.3) is 0 Å². The van der Waals surface area contributed by atoms with Gasteiger partial charge in [0.05, 0.1) is 18.9 Å². The molecule has 2 amide bonds. The van der Waals surface area contributed by atoms with Crippen LogP contribution in [0.3, 0.4) is 0 Å². The van der Waals surface area contributed by atoms with Gasteiger partial charge >= 0.3 is 6.09 Å². The summed E-state index contributed by atoms with van der Waals surface area (Å²) in [5.74, 6) is -0.0632. The van der Waals surface area contributed by atoms with Crippen LogP contribution in [0.5, 0.6) is 0 Å². The van der Waals surface area contributed by atoms with E-state index in [1.165, 1.54) is 0 Å². The van der Waals surface area contributed by atoms with E-state index >= 15 is 0 Å². The highest BCUT2D eigenvalue weighted by Crippen LogP contribution is 2.27. The zero-order chi connectivity index (χ0) is 25.0. The number of anilines is 2. The molecule has 188 valence electrons. The first kappa shape index (κ1) is 25.0. The summed E-state index contributed by atoms with van der Waals surface area (Å²) in [7, 11) is 0. The molecule has 4 rings (SSSR count). The average molecular weight is 481 g/mol. The van der Waals surface area contributed by atoms with Crippen molar-refractivity contribution in [3.63, 3.8) is 0 Å². The van der Waals surface area contributed by atoms with Gasteiger partial charge < -0.3 is 19.3 Å². The molecule has 2 aliphatic rings. The van der Waals surface area contributed by atoms with E-state index in [2.05, 4.69) is 16.8 Å². The molecule has 2 fully saturated rings. The topological polar surface area (TPSA) is 65.6 Å². The molecular formula is C27H36N4O4. The largest absolute Gasteiger partial charge is 0.444 e. The maximum atomic E-state index is 13.8. The van der Waals surface area contributed by atoms with Crippen molar-refractivity contribution in [1.82, 2.24) is 9.91 Å². The second kappa shape index (κ2) is 10.7. The number of morpholine rings is 1. The van der Waals surface area contributed by atoms with Crippen LogP contribution in [0.2, 0.25) is 0 Å². The predicted octanol–water partition coefficient (Wildman–Crippen LogP) is 3.95. The third kappa shape index (κ3) is 6.13. The van der Waals surface area contributed by atoms with Crippen LogP contribution in [0.15, 0.2) is 48.5 Å². The molecule has 2 heterocycles. The number of aryl methyl sites for hydroxylation is 1. The van der Waals surface area contributed by atoms with Crippen LogP contribution in [0.1, 0.15) is 36.7 Å². The summed E-state index contributed by atoms with van der Waals surface area (Å²) in [6.45, 7) is 12.7. The smallest absolute Gasteiger partial charge is 0.410 e. The molecule has 2 saturated heterocycles. The number of benzene rings is 2. The first-order valence-corrected chi connectivity index (χ1v) is 12.3. The monoisotopic (exact) mass is 480 g/mol. The molecular weight excluding hydrogens is 444 g/mol. The Morgan fingerprint density at radius 3 is 2.20 bits per heavy atom. The number of amides is 2. The van der Waals surface area contributed by atoms with Gasteiger partial charge in [-0.25, -0.2) is 14.8 Å². The highest BCUT2D eigenvalue weighted by atomic mass is 16.6. The lowest BCUT2D eigenvalue weighted by molar-refractivity contribution is 0.0240. The summed E-state index contributed by atoms with van der Waals surface area (Å²) >= 11 is 0. The van der Waals surface area contributed by atoms with Gasteiger partial charge in [0.15, 0.2) is 0 Å². The number of nitrogens with zero attached hydrogens (tertiary/aromatic N) is 4. The molecule has 0 N–H and O–H groups in total. The first-order chi connectivity index (χ1) is 16.7. The number of piperazine rings is 1. The molecule has 2 aromatic carbocycles. The van der Waals surface area contributed by atoms with Gasteiger partial charge in [-0.3, -0.25) is 4.79 Å². The summed E-state index contributed by atoms with van der Waals surface area (Å²) in [6, 6.07) is 15.6. The molecule has 0 saturated carbocycles. The van der Waals surface area contributed by atoms with Crippen molar-refractivity contribution in [2.75, 3.05) is 62.4 Å². The van der Waals surface area contributed by atoms with E-state index in [4.69, 9.17) is 9.47 Å². The van der Waals surface area contributed by atoms with Crippen molar-refractivity contribution in [3.05, 3.63) is 59.7 Å². The normalized spacial score (nSPS) is 17.3. The molecule has 0 bridgehead atoms. The number of hydrazine groups is 1. The van der Waals surface area contributed by atoms with E-state index in [-0.39, 0.29) is 12.0 Å². The Labute approximate surface area is 208 Å². The SMILES string of the molecule is Cc1ccc(C(=O)N(c2ccccc2)N2CCOCC2)cc1N1CCN(C(=O)OC(C)(C)C)CC1. The van der Waals surface area contributed by atoms with Crippen molar-refractivity contribution in [2.24, 2.45) is 0 Å². The Kier molecular flexibility index (Phi) is 7.62. The van der Waals surface area contributed by atoms with E-state index in [0.29, 0.717) is 58.0 Å². The maximum absolute atomic E-state index is 13.8. The van der Waals surface area contributed by atoms with Gasteiger partial charge in [-0.05, 0) is 57.5 Å². The van der Waals surface area contributed by atoms with E-state index in [1.54, 1.807) is 9.91 Å². The first-order valence-electron chi connectivity index (χ1n) is 12.3. The number of ether oxygens (including phenoxy) is 2. The van der Waals surface area contributed by atoms with Crippen molar-refractivity contribution < 1.29 is 19.1 Å². The quantitative estimate of drug-likeness (QED) is 0.660. The van der Waals surface area contributed by atoms with Crippen molar-refractivity contribution in [2.45, 2.75) is 33.3 Å². The van der Waals surface area contributed by atoms with Crippen LogP contribution in [-0.2, 0) is 9.47 Å². The Hall–Kier alpha value is -3.10. The fraction of sp³-hybridized carbons (Fsp3) is 0.481. The zero-order valence-corrected chi connectivity index (χ0v) is 21.2. The zero-order valence-electron chi connectivity index (χ0n) is 21.2. The lowest BCUT2D eigenvalue weighted by Crippen LogP contribution is -2.52. The molecule has 35 heavy (non-hydrogen) atoms. The van der Waals surface area contributed by atoms with E-state index in [1.807, 2.05) is 69.3 Å². The van der Waals surface area contributed by atoms with Crippen LogP contribution in [0, 0.1) is 6.92 Å². The number of carbonyl (C=O) groups is 2. The molecule has 8 nitrogen and oxygen atoms in total. The number of hydrogen-bond acceptors (Lipinski definition) is 6. The minimum Gasteiger partial charge on any atom is -0.444 e. The summed E-state index contributed by atoms with van der Waals surface area (Å²) in [6.07, 6.45) is -0.276. The highest BCUT2D eigenvalue weighted by Gasteiger charge is 2.29. The third-order valence-electron chi connectivity index (χ3n) is 6.19. The molecule has 0 atom stereocenters. The average Bonchev–Trinajstić information content (AvgIpc) is 2.85. The molecule has 0 radical (unpaired) electrons. The van der Waals surface area contributed by atoms with Gasteiger partial charge in [-0.2, -0.15) is 0 Å². The Bertz CT molecular complexity index is 1020. The van der Waals surface area contributed by atoms with Crippen molar-refractivity contribution in [3.8, 4) is 0 Å². The summed E-state index contributed by atoms with van der Waals surface area (Å²) < 4.78 is 11.0. The molecule has 0 unspecified atom stereocenters. The van der Waals surface area contributed by atoms with Gasteiger partial charge in [0, 0.05) is 50.5 Å². The van der Waals surface area contributed by atoms with E-state index in [0.717, 1.165) is 16.9 Å². The molecule has 0 aromatic heterocycles. The second-order valence-electron chi connectivity index (χ2n) is 9.97. The Morgan fingerprint density at radius 1 is 0.914 bits per heavy atom. The van der Waals surface area contributed by atoms with Gasteiger partial charge in [0.25, 0.3) is 5.91 Å². The van der Waals surface area contributed by atoms with Crippen LogP contribution in [-0.4, -0.2) is 80.0 Å². The van der Waals surface area contributed by atoms with E-state index < -0.39 is 5.60 Å². The number of hydrogen-bond donors (Lipinski definition) is 0. The van der Waals surface area contributed by atoms with Gasteiger partial charge in [-0.15, -0.1) is 0 Å². The number of rotatable bonds is 4. The minimum atomic E-state index is -0.509. The fourth-order valence-electron chi connectivity index (χ4n) is 4.39. The van der Waals surface area contributed by atoms with Crippen LogP contribution in [0.4, 0.5) is 16.2 Å². The highest BCUT2D eigenvalue weighted by molar-refractivity contribution is 6.06. The van der Waals surface area contributed by atoms with Crippen LogP contribution >= 0.6 is 0 Å². The standard InChI is InChI=1S/C27H36N4O4/c1-21-10-11-22(20-24(21)28-12-14-29(15-13-28)26(33)35-27(2,3)4)25(32)31(23-8-6-5-7-9-23)30-16-18-34-19-17-30/h5-11,20H,12-19H2,1-4H3. The summed E-state index contributed by atoms with van der Waals surface area (Å²) in [5.41, 5.74) is 3.09. The Morgan fingerprint density at radius 2 is 1.57 bits per heavy atom. The molecule has 8 heteroatoms. The molecule has 0 aliphatic carbocycles.